The van der Waals surface area contributed by atoms with Gasteiger partial charge in [-0.2, -0.15) is 0 Å². The fourth-order valence-corrected chi connectivity index (χ4v) is 1.36. The van der Waals surface area contributed by atoms with Crippen LogP contribution in [0.15, 0.2) is 18.2 Å². The number of hydrogen-bond acceptors (Lipinski definition) is 4. The summed E-state index contributed by atoms with van der Waals surface area (Å²) in [5, 5.41) is 11.5. The highest BCUT2D eigenvalue weighted by Gasteiger charge is 2.09. The predicted molar refractivity (Wildman–Crippen MR) is 52.8 cm³/mol. The van der Waals surface area contributed by atoms with Crippen LogP contribution in [0.2, 0.25) is 0 Å². The molecule has 2 rings (SSSR count). The molecular formula is C10H13NO3. The molecule has 0 spiro atoms. The van der Waals surface area contributed by atoms with Crippen molar-refractivity contribution in [2.75, 3.05) is 25.3 Å². The Hall–Kier alpha value is -1.42. The predicted octanol–water partition coefficient (Wildman–Crippen LogP) is 1.21. The lowest BCUT2D eigenvalue weighted by molar-refractivity contribution is 0.297. The number of nitrogens with one attached hydrogen (secondary N) is 1. The molecule has 1 aromatic rings. The fourth-order valence-electron chi connectivity index (χ4n) is 1.36. The van der Waals surface area contributed by atoms with Crippen molar-refractivity contribution in [1.82, 2.24) is 0 Å². The van der Waals surface area contributed by atoms with Crippen LogP contribution in [0.1, 0.15) is 6.42 Å². The van der Waals surface area contributed by atoms with Crippen LogP contribution in [0.25, 0.3) is 0 Å². The van der Waals surface area contributed by atoms with Crippen molar-refractivity contribution in [2.24, 2.45) is 0 Å². The Morgan fingerprint density at radius 2 is 2.00 bits per heavy atom. The Morgan fingerprint density at radius 1 is 1.21 bits per heavy atom. The Morgan fingerprint density at radius 3 is 2.79 bits per heavy atom. The van der Waals surface area contributed by atoms with Crippen molar-refractivity contribution < 1.29 is 14.6 Å². The topological polar surface area (TPSA) is 50.7 Å². The largest absolute Gasteiger partial charge is 0.490 e. The average molecular weight is 195 g/mol. The van der Waals surface area contributed by atoms with Crippen molar-refractivity contribution in [3.8, 4) is 11.5 Å². The quantitative estimate of drug-likeness (QED) is 0.696. The van der Waals surface area contributed by atoms with Crippen LogP contribution >= 0.6 is 0 Å². The van der Waals surface area contributed by atoms with Crippen molar-refractivity contribution >= 4 is 5.69 Å². The minimum atomic E-state index is -0.0837. The lowest BCUT2D eigenvalue weighted by Crippen LogP contribution is -2.00. The van der Waals surface area contributed by atoms with Crippen molar-refractivity contribution in [1.29, 1.82) is 0 Å². The van der Waals surface area contributed by atoms with Crippen LogP contribution in [-0.2, 0) is 0 Å². The normalized spacial score (nSPS) is 14.6. The van der Waals surface area contributed by atoms with E-state index in [-0.39, 0.29) is 6.73 Å². The van der Waals surface area contributed by atoms with E-state index in [0.717, 1.165) is 23.6 Å². The summed E-state index contributed by atoms with van der Waals surface area (Å²) in [4.78, 5) is 0. The van der Waals surface area contributed by atoms with E-state index < -0.39 is 0 Å². The maximum absolute atomic E-state index is 8.70. The van der Waals surface area contributed by atoms with E-state index in [1.54, 1.807) is 0 Å². The van der Waals surface area contributed by atoms with Crippen LogP contribution < -0.4 is 14.8 Å². The molecular weight excluding hydrogens is 182 g/mol. The molecule has 4 heteroatoms. The number of rotatable bonds is 2. The summed E-state index contributed by atoms with van der Waals surface area (Å²) in [7, 11) is 0. The van der Waals surface area contributed by atoms with Gasteiger partial charge in [0.1, 0.15) is 6.73 Å². The Kier molecular flexibility index (Phi) is 2.74. The molecule has 0 unspecified atom stereocenters. The van der Waals surface area contributed by atoms with E-state index >= 15 is 0 Å². The molecule has 0 atom stereocenters. The first-order chi connectivity index (χ1) is 6.90. The number of ether oxygens (including phenoxy) is 2. The van der Waals surface area contributed by atoms with E-state index in [1.165, 1.54) is 0 Å². The zero-order chi connectivity index (χ0) is 9.80. The minimum Gasteiger partial charge on any atom is -0.490 e. The third kappa shape index (κ3) is 1.90. The summed E-state index contributed by atoms with van der Waals surface area (Å²) < 4.78 is 11.0. The van der Waals surface area contributed by atoms with E-state index in [4.69, 9.17) is 14.6 Å². The molecule has 0 fully saturated rings. The average Bonchev–Trinajstić information content (AvgIpc) is 2.42. The van der Waals surface area contributed by atoms with Crippen molar-refractivity contribution in [3.05, 3.63) is 18.2 Å². The second kappa shape index (κ2) is 4.19. The van der Waals surface area contributed by atoms with Gasteiger partial charge in [0.2, 0.25) is 0 Å². The number of aliphatic hydroxyl groups excluding tert-OH is 1. The molecule has 0 bridgehead atoms. The fraction of sp³-hybridized carbons (Fsp3) is 0.400. The van der Waals surface area contributed by atoms with Crippen LogP contribution in [0.4, 0.5) is 5.69 Å². The lowest BCUT2D eigenvalue weighted by atomic mass is 10.3. The molecule has 0 saturated heterocycles. The highest BCUT2D eigenvalue weighted by Crippen LogP contribution is 2.31. The van der Waals surface area contributed by atoms with Gasteiger partial charge in [0.25, 0.3) is 0 Å². The summed E-state index contributed by atoms with van der Waals surface area (Å²) in [5.41, 5.74) is 0.830. The third-order valence-corrected chi connectivity index (χ3v) is 2.03. The Bertz CT molecular complexity index is 314. The maximum Gasteiger partial charge on any atom is 0.163 e. The van der Waals surface area contributed by atoms with Crippen LogP contribution in [0.3, 0.4) is 0 Å². The zero-order valence-corrected chi connectivity index (χ0v) is 7.82. The smallest absolute Gasteiger partial charge is 0.163 e. The van der Waals surface area contributed by atoms with Crippen LogP contribution in [0.5, 0.6) is 11.5 Å². The molecule has 1 aliphatic rings. The molecule has 76 valence electrons. The van der Waals surface area contributed by atoms with Gasteiger partial charge in [0.15, 0.2) is 11.5 Å². The maximum atomic E-state index is 8.70. The number of fused-ring (bicyclic) bond motifs is 1. The number of anilines is 1. The molecule has 1 heterocycles. The Labute approximate surface area is 82.5 Å². The van der Waals surface area contributed by atoms with Gasteiger partial charge < -0.3 is 19.9 Å². The highest BCUT2D eigenvalue weighted by atomic mass is 16.5. The second-order valence-electron chi connectivity index (χ2n) is 3.05. The number of benzene rings is 1. The summed E-state index contributed by atoms with van der Waals surface area (Å²) >= 11 is 0. The molecule has 0 radical (unpaired) electrons. The first kappa shape index (κ1) is 9.15. The molecule has 14 heavy (non-hydrogen) atoms. The van der Waals surface area contributed by atoms with E-state index in [0.29, 0.717) is 13.2 Å². The summed E-state index contributed by atoms with van der Waals surface area (Å²) in [5.74, 6) is 1.51. The second-order valence-corrected chi connectivity index (χ2v) is 3.05. The van der Waals surface area contributed by atoms with Gasteiger partial charge in [-0.25, -0.2) is 0 Å². The Balaban J connectivity index is 2.23. The summed E-state index contributed by atoms with van der Waals surface area (Å²) in [6.07, 6.45) is 0.900. The van der Waals surface area contributed by atoms with Crippen molar-refractivity contribution in [3.63, 3.8) is 0 Å². The first-order valence-electron chi connectivity index (χ1n) is 4.64. The van der Waals surface area contributed by atoms with E-state index in [9.17, 15) is 0 Å². The van der Waals surface area contributed by atoms with Gasteiger partial charge in [0.05, 0.1) is 13.2 Å². The SMILES string of the molecule is OCNc1ccc2c(c1)OCCCO2. The zero-order valence-electron chi connectivity index (χ0n) is 7.82. The number of hydrogen-bond donors (Lipinski definition) is 2. The highest BCUT2D eigenvalue weighted by molar-refractivity contribution is 5.54. The van der Waals surface area contributed by atoms with Gasteiger partial charge in [-0.15, -0.1) is 0 Å². The standard InChI is InChI=1S/C10H13NO3/c12-7-11-8-2-3-9-10(6-8)14-5-1-4-13-9/h2-3,6,11-12H,1,4-5,7H2. The first-order valence-corrected chi connectivity index (χ1v) is 4.64. The molecule has 1 aliphatic heterocycles. The third-order valence-electron chi connectivity index (χ3n) is 2.03. The minimum absolute atomic E-state index is 0.0837. The monoisotopic (exact) mass is 195 g/mol. The van der Waals surface area contributed by atoms with Crippen LogP contribution in [0, 0.1) is 0 Å². The lowest BCUT2D eigenvalue weighted by Gasteiger charge is -2.09. The molecule has 2 N–H and O–H groups in total. The number of aliphatic hydroxyl groups is 1. The molecule has 0 aliphatic carbocycles. The van der Waals surface area contributed by atoms with Gasteiger partial charge in [-0.05, 0) is 12.1 Å². The molecule has 4 nitrogen and oxygen atoms in total. The van der Waals surface area contributed by atoms with Gasteiger partial charge >= 0.3 is 0 Å². The summed E-state index contributed by atoms with van der Waals surface area (Å²) in [6.45, 7) is 1.29. The molecule has 0 saturated carbocycles. The summed E-state index contributed by atoms with van der Waals surface area (Å²) in [6, 6.07) is 5.53. The van der Waals surface area contributed by atoms with E-state index in [2.05, 4.69) is 5.32 Å². The van der Waals surface area contributed by atoms with Gasteiger partial charge in [-0.3, -0.25) is 0 Å². The van der Waals surface area contributed by atoms with Crippen LogP contribution in [-0.4, -0.2) is 25.1 Å². The van der Waals surface area contributed by atoms with Gasteiger partial charge in [0, 0.05) is 18.2 Å². The van der Waals surface area contributed by atoms with Gasteiger partial charge in [-0.1, -0.05) is 0 Å². The van der Waals surface area contributed by atoms with E-state index in [1.807, 2.05) is 18.2 Å². The molecule has 1 aromatic carbocycles. The van der Waals surface area contributed by atoms with Crippen molar-refractivity contribution in [2.45, 2.75) is 6.42 Å². The molecule has 0 amide bonds. The molecule has 0 aromatic heterocycles.